The Kier molecular flexibility index (Phi) is 9.99. The van der Waals surface area contributed by atoms with Crippen LogP contribution in [0.5, 0.6) is 0 Å². The van der Waals surface area contributed by atoms with E-state index in [-0.39, 0.29) is 35.7 Å². The highest BCUT2D eigenvalue weighted by Crippen LogP contribution is 2.44. The van der Waals surface area contributed by atoms with E-state index in [0.717, 1.165) is 57.9 Å². The molecular weight excluding hydrogens is 408 g/mol. The van der Waals surface area contributed by atoms with Crippen LogP contribution in [0.25, 0.3) is 0 Å². The van der Waals surface area contributed by atoms with Crippen molar-refractivity contribution in [2.75, 3.05) is 19.7 Å². The first-order valence-electron chi connectivity index (χ1n) is 12.5. The SMILES string of the molecule is CCNCC(CC1(C(=O)N[C@H]2CC[C@@H](C(=O)OCC)CC2)CCCC1)C(=O)OC(C)(C)C. The fourth-order valence-corrected chi connectivity index (χ4v) is 5.06. The maximum atomic E-state index is 13.5. The Labute approximate surface area is 193 Å². The third-order valence-electron chi connectivity index (χ3n) is 6.74. The summed E-state index contributed by atoms with van der Waals surface area (Å²) in [5, 5.41) is 6.55. The quantitative estimate of drug-likeness (QED) is 0.491. The molecule has 1 amide bonds. The minimum absolute atomic E-state index is 0.0554. The van der Waals surface area contributed by atoms with Gasteiger partial charge in [-0.1, -0.05) is 19.8 Å². The predicted octanol–water partition coefficient (Wildman–Crippen LogP) is 3.74. The lowest BCUT2D eigenvalue weighted by Gasteiger charge is -2.35. The van der Waals surface area contributed by atoms with Gasteiger partial charge in [-0.25, -0.2) is 0 Å². The van der Waals surface area contributed by atoms with E-state index in [9.17, 15) is 14.4 Å². The van der Waals surface area contributed by atoms with Crippen molar-refractivity contribution < 1.29 is 23.9 Å². The normalized spacial score (nSPS) is 23.9. The summed E-state index contributed by atoms with van der Waals surface area (Å²) in [6.45, 7) is 11.2. The van der Waals surface area contributed by atoms with E-state index < -0.39 is 11.0 Å². The van der Waals surface area contributed by atoms with Crippen molar-refractivity contribution in [3.05, 3.63) is 0 Å². The number of amides is 1. The number of ether oxygens (including phenoxy) is 2. The van der Waals surface area contributed by atoms with Gasteiger partial charge in [-0.3, -0.25) is 14.4 Å². The fourth-order valence-electron chi connectivity index (χ4n) is 5.06. The van der Waals surface area contributed by atoms with Gasteiger partial charge in [0.1, 0.15) is 5.60 Å². The van der Waals surface area contributed by atoms with Crippen LogP contribution in [0.3, 0.4) is 0 Å². The van der Waals surface area contributed by atoms with Crippen molar-refractivity contribution in [1.29, 1.82) is 0 Å². The highest BCUT2D eigenvalue weighted by molar-refractivity contribution is 5.84. The highest BCUT2D eigenvalue weighted by Gasteiger charge is 2.45. The molecule has 2 aliphatic carbocycles. The average Bonchev–Trinajstić information content (AvgIpc) is 3.20. The molecular formula is C25H44N2O5. The molecule has 2 aliphatic rings. The molecule has 2 N–H and O–H groups in total. The first-order valence-corrected chi connectivity index (χ1v) is 12.5. The van der Waals surface area contributed by atoms with Crippen molar-refractivity contribution in [3.8, 4) is 0 Å². The van der Waals surface area contributed by atoms with Gasteiger partial charge in [0.25, 0.3) is 0 Å². The monoisotopic (exact) mass is 452 g/mol. The molecule has 0 heterocycles. The molecule has 2 rings (SSSR count). The molecule has 2 saturated carbocycles. The van der Waals surface area contributed by atoms with Gasteiger partial charge >= 0.3 is 11.9 Å². The summed E-state index contributed by atoms with van der Waals surface area (Å²) in [4.78, 5) is 38.4. The van der Waals surface area contributed by atoms with Crippen LogP contribution in [-0.4, -0.2) is 49.2 Å². The zero-order valence-corrected chi connectivity index (χ0v) is 20.8. The topological polar surface area (TPSA) is 93.7 Å². The van der Waals surface area contributed by atoms with Crippen molar-refractivity contribution in [3.63, 3.8) is 0 Å². The highest BCUT2D eigenvalue weighted by atomic mass is 16.6. The molecule has 0 aromatic carbocycles. The molecule has 0 bridgehead atoms. The number of rotatable bonds is 10. The summed E-state index contributed by atoms with van der Waals surface area (Å²) in [6.07, 6.45) is 7.21. The molecule has 1 atom stereocenters. The average molecular weight is 453 g/mol. The summed E-state index contributed by atoms with van der Waals surface area (Å²) >= 11 is 0. The standard InChI is InChI=1S/C25H44N2O5/c1-6-26-17-19(22(29)32-24(3,4)5)16-25(14-8-9-15-25)23(30)27-20-12-10-18(11-13-20)21(28)31-7-2/h18-20,26H,6-17H2,1-5H3,(H,27,30)/t18-,19?,20+. The molecule has 184 valence electrons. The number of hydrogen-bond acceptors (Lipinski definition) is 6. The number of carbonyl (C=O) groups excluding carboxylic acids is 3. The van der Waals surface area contributed by atoms with Crippen LogP contribution < -0.4 is 10.6 Å². The lowest BCUT2D eigenvalue weighted by Crippen LogP contribution is -2.48. The van der Waals surface area contributed by atoms with Crippen molar-refractivity contribution in [1.82, 2.24) is 10.6 Å². The Hall–Kier alpha value is -1.63. The van der Waals surface area contributed by atoms with Gasteiger partial charge in [0.05, 0.1) is 23.9 Å². The second kappa shape index (κ2) is 12.0. The lowest BCUT2D eigenvalue weighted by molar-refractivity contribution is -0.161. The minimum atomic E-state index is -0.551. The number of carbonyl (C=O) groups is 3. The van der Waals surface area contributed by atoms with Gasteiger partial charge in [0, 0.05) is 12.6 Å². The fraction of sp³-hybridized carbons (Fsp3) is 0.880. The maximum Gasteiger partial charge on any atom is 0.310 e. The van der Waals surface area contributed by atoms with Gasteiger partial charge in [-0.2, -0.15) is 0 Å². The second-order valence-corrected chi connectivity index (χ2v) is 10.5. The Bertz CT molecular complexity index is 629. The van der Waals surface area contributed by atoms with Gasteiger partial charge in [-0.05, 0) is 79.2 Å². The van der Waals surface area contributed by atoms with Crippen molar-refractivity contribution in [2.45, 2.75) is 104 Å². The van der Waals surface area contributed by atoms with Crippen LogP contribution >= 0.6 is 0 Å². The Morgan fingerprint density at radius 3 is 2.19 bits per heavy atom. The van der Waals surface area contributed by atoms with E-state index >= 15 is 0 Å². The molecule has 32 heavy (non-hydrogen) atoms. The first-order chi connectivity index (χ1) is 15.1. The van der Waals surface area contributed by atoms with Crippen LogP contribution in [0.4, 0.5) is 0 Å². The third-order valence-corrected chi connectivity index (χ3v) is 6.74. The van der Waals surface area contributed by atoms with Crippen LogP contribution in [0.2, 0.25) is 0 Å². The molecule has 0 aromatic rings. The predicted molar refractivity (Wildman–Crippen MR) is 124 cm³/mol. The minimum Gasteiger partial charge on any atom is -0.466 e. The van der Waals surface area contributed by atoms with Crippen molar-refractivity contribution >= 4 is 17.8 Å². The molecule has 0 radical (unpaired) electrons. The Morgan fingerprint density at radius 2 is 1.66 bits per heavy atom. The Balaban J connectivity index is 2.02. The summed E-state index contributed by atoms with van der Waals surface area (Å²) in [7, 11) is 0. The van der Waals surface area contributed by atoms with Gasteiger partial charge < -0.3 is 20.1 Å². The van der Waals surface area contributed by atoms with E-state index in [2.05, 4.69) is 10.6 Å². The molecule has 0 aromatic heterocycles. The Morgan fingerprint density at radius 1 is 1.03 bits per heavy atom. The summed E-state index contributed by atoms with van der Waals surface area (Å²) in [6, 6.07) is 0.0828. The van der Waals surface area contributed by atoms with E-state index in [0.29, 0.717) is 19.6 Å². The van der Waals surface area contributed by atoms with Crippen LogP contribution in [0.1, 0.15) is 92.4 Å². The zero-order valence-electron chi connectivity index (χ0n) is 20.8. The number of esters is 2. The van der Waals surface area contributed by atoms with E-state index in [1.165, 1.54) is 0 Å². The second-order valence-electron chi connectivity index (χ2n) is 10.5. The summed E-state index contributed by atoms with van der Waals surface area (Å²) in [5.74, 6) is -0.682. The summed E-state index contributed by atoms with van der Waals surface area (Å²) < 4.78 is 10.8. The smallest absolute Gasteiger partial charge is 0.310 e. The number of nitrogens with one attached hydrogen (secondary N) is 2. The number of hydrogen-bond donors (Lipinski definition) is 2. The van der Waals surface area contributed by atoms with E-state index in [4.69, 9.17) is 9.47 Å². The molecule has 0 saturated heterocycles. The third kappa shape index (κ3) is 7.75. The van der Waals surface area contributed by atoms with Gasteiger partial charge in [0.15, 0.2) is 0 Å². The molecule has 0 spiro atoms. The molecule has 1 unspecified atom stereocenters. The largest absolute Gasteiger partial charge is 0.466 e. The van der Waals surface area contributed by atoms with Crippen LogP contribution in [-0.2, 0) is 23.9 Å². The van der Waals surface area contributed by atoms with E-state index in [1.54, 1.807) is 0 Å². The maximum absolute atomic E-state index is 13.5. The molecule has 7 heteroatoms. The lowest BCUT2D eigenvalue weighted by atomic mass is 9.76. The first kappa shape index (κ1) is 26.6. The molecule has 2 fully saturated rings. The van der Waals surface area contributed by atoms with Crippen LogP contribution in [0.15, 0.2) is 0 Å². The van der Waals surface area contributed by atoms with Crippen molar-refractivity contribution in [2.24, 2.45) is 17.3 Å². The van der Waals surface area contributed by atoms with Gasteiger partial charge in [-0.15, -0.1) is 0 Å². The summed E-state index contributed by atoms with van der Waals surface area (Å²) in [5.41, 5.74) is -1.07. The molecule has 0 aliphatic heterocycles. The van der Waals surface area contributed by atoms with Crippen LogP contribution in [0, 0.1) is 17.3 Å². The zero-order chi connectivity index (χ0) is 23.8. The van der Waals surface area contributed by atoms with Gasteiger partial charge in [0.2, 0.25) is 5.91 Å². The molecule has 7 nitrogen and oxygen atoms in total. The van der Waals surface area contributed by atoms with E-state index in [1.807, 2.05) is 34.6 Å².